The molecule has 28 heavy (non-hydrogen) atoms. The number of hydrogen-bond acceptors (Lipinski definition) is 4. The number of halogens is 1. The Morgan fingerprint density at radius 3 is 2.89 bits per heavy atom. The maximum Gasteiger partial charge on any atom is 0.272 e. The minimum Gasteiger partial charge on any atom is -0.353 e. The number of anilines is 1. The van der Waals surface area contributed by atoms with E-state index < -0.39 is 0 Å². The second kappa shape index (κ2) is 7.84. The zero-order valence-electron chi connectivity index (χ0n) is 15.7. The Morgan fingerprint density at radius 1 is 1.32 bits per heavy atom. The van der Waals surface area contributed by atoms with Gasteiger partial charge in [0.15, 0.2) is 5.82 Å². The van der Waals surface area contributed by atoms with Crippen LogP contribution in [0, 0.1) is 5.82 Å². The van der Waals surface area contributed by atoms with Gasteiger partial charge in [-0.1, -0.05) is 0 Å². The molecule has 7 nitrogen and oxygen atoms in total. The van der Waals surface area contributed by atoms with E-state index in [1.165, 1.54) is 12.1 Å². The fourth-order valence-electron chi connectivity index (χ4n) is 3.47. The van der Waals surface area contributed by atoms with Crippen molar-refractivity contribution in [3.63, 3.8) is 0 Å². The minimum atomic E-state index is -0.262. The Bertz CT molecular complexity index is 948. The molecule has 8 heteroatoms. The number of piperidine rings is 1. The molecule has 0 aliphatic carbocycles. The highest BCUT2D eigenvalue weighted by atomic mass is 19.1. The lowest BCUT2D eigenvalue weighted by molar-refractivity contribution is 0.0927. The number of nitrogens with one attached hydrogen (secondary N) is 2. The van der Waals surface area contributed by atoms with Crippen molar-refractivity contribution in [1.82, 2.24) is 25.3 Å². The lowest BCUT2D eigenvalue weighted by Gasteiger charge is -2.33. The topological polar surface area (TPSA) is 78.8 Å². The molecule has 2 aromatic heterocycles. The monoisotopic (exact) mass is 382 g/mol. The van der Waals surface area contributed by atoms with Crippen LogP contribution in [0.3, 0.4) is 0 Å². The molecule has 3 aromatic rings. The van der Waals surface area contributed by atoms with Crippen molar-refractivity contribution in [3.05, 3.63) is 54.1 Å². The summed E-state index contributed by atoms with van der Waals surface area (Å²) in [6, 6.07) is 10.1. The molecule has 0 saturated carbocycles. The number of rotatable bonds is 5. The van der Waals surface area contributed by atoms with Crippen LogP contribution < -0.4 is 10.2 Å². The average molecular weight is 382 g/mol. The molecule has 1 aliphatic rings. The molecular weight excluding hydrogens is 359 g/mol. The lowest BCUT2D eigenvalue weighted by Crippen LogP contribution is -2.48. The Morgan fingerprint density at radius 2 is 2.14 bits per heavy atom. The van der Waals surface area contributed by atoms with Crippen molar-refractivity contribution < 1.29 is 9.18 Å². The van der Waals surface area contributed by atoms with Gasteiger partial charge in [0.25, 0.3) is 5.91 Å². The number of carbonyl (C=O) groups is 1. The van der Waals surface area contributed by atoms with Crippen molar-refractivity contribution in [1.29, 1.82) is 0 Å². The lowest BCUT2D eigenvalue weighted by atomic mass is 10.1. The number of carbonyl (C=O) groups excluding carboxylic acids is 1. The van der Waals surface area contributed by atoms with Gasteiger partial charge in [-0.3, -0.25) is 14.6 Å². The molecule has 146 valence electrons. The third kappa shape index (κ3) is 3.90. The van der Waals surface area contributed by atoms with Crippen LogP contribution >= 0.6 is 0 Å². The summed E-state index contributed by atoms with van der Waals surface area (Å²) in [4.78, 5) is 14.6. The number of aromatic amines is 1. The molecule has 2 N–H and O–H groups in total. The number of hydrogen-bond donors (Lipinski definition) is 2. The largest absolute Gasteiger partial charge is 0.353 e. The highest BCUT2D eigenvalue weighted by Crippen LogP contribution is 2.24. The molecule has 3 heterocycles. The first-order chi connectivity index (χ1) is 13.6. The molecule has 1 saturated heterocycles. The van der Waals surface area contributed by atoms with Crippen LogP contribution in [0.15, 0.2) is 42.6 Å². The predicted octanol–water partition coefficient (Wildman–Crippen LogP) is 2.83. The first-order valence-corrected chi connectivity index (χ1v) is 9.53. The highest BCUT2D eigenvalue weighted by molar-refractivity contribution is 5.92. The van der Waals surface area contributed by atoms with E-state index in [0.29, 0.717) is 12.2 Å². The van der Waals surface area contributed by atoms with Crippen molar-refractivity contribution in [3.8, 4) is 11.3 Å². The smallest absolute Gasteiger partial charge is 0.272 e. The fourth-order valence-corrected chi connectivity index (χ4v) is 3.47. The maximum atomic E-state index is 13.1. The van der Waals surface area contributed by atoms with E-state index in [-0.39, 0.29) is 17.8 Å². The second-order valence-electron chi connectivity index (χ2n) is 6.96. The Hall–Kier alpha value is -3.16. The van der Waals surface area contributed by atoms with Crippen LogP contribution in [0.4, 0.5) is 10.2 Å². The minimum absolute atomic E-state index is 0.0407. The highest BCUT2D eigenvalue weighted by Gasteiger charge is 2.24. The quantitative estimate of drug-likeness (QED) is 0.711. The van der Waals surface area contributed by atoms with Crippen LogP contribution in [0.2, 0.25) is 0 Å². The first kappa shape index (κ1) is 18.2. The van der Waals surface area contributed by atoms with E-state index in [4.69, 9.17) is 0 Å². The van der Waals surface area contributed by atoms with Gasteiger partial charge < -0.3 is 10.2 Å². The van der Waals surface area contributed by atoms with Crippen LogP contribution in [-0.2, 0) is 6.54 Å². The van der Waals surface area contributed by atoms with Gasteiger partial charge >= 0.3 is 0 Å². The summed E-state index contributed by atoms with van der Waals surface area (Å²) in [6.07, 6.45) is 3.70. The average Bonchev–Trinajstić information content (AvgIpc) is 3.39. The number of aryl methyl sites for hydroxylation is 1. The molecule has 0 radical (unpaired) electrons. The molecule has 1 fully saturated rings. The van der Waals surface area contributed by atoms with Crippen molar-refractivity contribution in [2.24, 2.45) is 0 Å². The summed E-state index contributed by atoms with van der Waals surface area (Å²) >= 11 is 0. The van der Waals surface area contributed by atoms with Crippen LogP contribution in [0.25, 0.3) is 11.3 Å². The van der Waals surface area contributed by atoms with Crippen LogP contribution in [0.1, 0.15) is 30.3 Å². The normalized spacial score (nSPS) is 16.9. The SMILES string of the molecule is CCn1ccc(C(=O)N[C@@H]2CCCN(c3cc(-c4ccc(F)cc4)[nH]n3)C2)n1. The van der Waals surface area contributed by atoms with Crippen molar-refractivity contribution in [2.75, 3.05) is 18.0 Å². The van der Waals surface area contributed by atoms with Gasteiger partial charge in [0.05, 0.1) is 5.69 Å². The number of amides is 1. The first-order valence-electron chi connectivity index (χ1n) is 9.53. The van der Waals surface area contributed by atoms with Gasteiger partial charge in [0, 0.05) is 37.9 Å². The Balaban J connectivity index is 1.41. The fraction of sp³-hybridized carbons (Fsp3) is 0.350. The number of H-pyrrole nitrogens is 1. The summed E-state index contributed by atoms with van der Waals surface area (Å²) in [5.74, 6) is 0.420. The summed E-state index contributed by atoms with van der Waals surface area (Å²) in [5, 5.41) is 14.8. The van der Waals surface area contributed by atoms with Gasteiger partial charge in [-0.2, -0.15) is 10.2 Å². The summed E-state index contributed by atoms with van der Waals surface area (Å²) in [6.45, 7) is 4.29. The van der Waals surface area contributed by atoms with Gasteiger partial charge in [-0.05, 0) is 55.7 Å². The molecule has 4 rings (SSSR count). The van der Waals surface area contributed by atoms with Gasteiger partial charge in [-0.15, -0.1) is 0 Å². The predicted molar refractivity (Wildman–Crippen MR) is 105 cm³/mol. The number of aromatic nitrogens is 4. The summed E-state index contributed by atoms with van der Waals surface area (Å²) in [5.41, 5.74) is 2.16. The van der Waals surface area contributed by atoms with Gasteiger partial charge in [0.1, 0.15) is 11.5 Å². The molecule has 0 bridgehead atoms. The molecule has 1 atom stereocenters. The van der Waals surface area contributed by atoms with E-state index in [2.05, 4.69) is 25.5 Å². The Labute approximate surface area is 162 Å². The number of benzene rings is 1. The maximum absolute atomic E-state index is 13.1. The van der Waals surface area contributed by atoms with Crippen LogP contribution in [0.5, 0.6) is 0 Å². The molecule has 1 aliphatic heterocycles. The zero-order chi connectivity index (χ0) is 19.5. The Kier molecular flexibility index (Phi) is 5.10. The van der Waals surface area contributed by atoms with E-state index in [9.17, 15) is 9.18 Å². The molecule has 1 amide bonds. The second-order valence-corrected chi connectivity index (χ2v) is 6.96. The molecule has 0 spiro atoms. The molecule has 0 unspecified atom stereocenters. The summed E-state index contributed by atoms with van der Waals surface area (Å²) < 4.78 is 14.9. The number of nitrogens with zero attached hydrogens (tertiary/aromatic N) is 4. The summed E-state index contributed by atoms with van der Waals surface area (Å²) in [7, 11) is 0. The van der Waals surface area contributed by atoms with E-state index >= 15 is 0 Å². The van der Waals surface area contributed by atoms with E-state index in [0.717, 1.165) is 43.0 Å². The zero-order valence-corrected chi connectivity index (χ0v) is 15.7. The van der Waals surface area contributed by atoms with Gasteiger partial charge in [-0.25, -0.2) is 4.39 Å². The van der Waals surface area contributed by atoms with Crippen molar-refractivity contribution in [2.45, 2.75) is 32.4 Å². The van der Waals surface area contributed by atoms with Gasteiger partial charge in [0.2, 0.25) is 0 Å². The van der Waals surface area contributed by atoms with Crippen molar-refractivity contribution >= 4 is 11.7 Å². The standard InChI is InChI=1S/C20H23FN6O/c1-2-27-11-9-17(25-27)20(28)22-16-4-3-10-26(13-16)19-12-18(23-24-19)14-5-7-15(21)8-6-14/h5-9,11-12,16H,2-4,10,13H2,1H3,(H,22,28)(H,23,24)/t16-/m1/s1. The van der Waals surface area contributed by atoms with E-state index in [1.54, 1.807) is 22.9 Å². The van der Waals surface area contributed by atoms with Crippen LogP contribution in [-0.4, -0.2) is 45.0 Å². The molecular formula is C20H23FN6O. The third-order valence-electron chi connectivity index (χ3n) is 5.00. The third-order valence-corrected chi connectivity index (χ3v) is 5.00. The molecule has 1 aromatic carbocycles. The van der Waals surface area contributed by atoms with E-state index in [1.807, 2.05) is 19.2 Å².